The Bertz CT molecular complexity index is 768. The molecular formula is C17H22N4O7. The molecule has 152 valence electrons. The fraction of sp³-hybridized carbons (Fsp3) is 0.529. The lowest BCUT2D eigenvalue weighted by Crippen LogP contribution is -2.44. The number of nitro groups is 2. The van der Waals surface area contributed by atoms with Crippen molar-refractivity contribution in [1.82, 2.24) is 5.32 Å². The van der Waals surface area contributed by atoms with Crippen LogP contribution in [0.15, 0.2) is 12.1 Å². The lowest BCUT2D eigenvalue weighted by molar-refractivity contribution is -0.392. The molecule has 1 unspecified atom stereocenters. The van der Waals surface area contributed by atoms with Crippen molar-refractivity contribution in [2.75, 3.05) is 18.0 Å². The third-order valence-corrected chi connectivity index (χ3v) is 4.62. The van der Waals surface area contributed by atoms with Gasteiger partial charge in [-0.15, -0.1) is 0 Å². The molecule has 1 aliphatic rings. The lowest BCUT2D eigenvalue weighted by Gasteiger charge is -2.28. The van der Waals surface area contributed by atoms with E-state index in [0.717, 1.165) is 31.4 Å². The number of piperidine rings is 1. The van der Waals surface area contributed by atoms with Gasteiger partial charge in [-0.25, -0.2) is 4.79 Å². The van der Waals surface area contributed by atoms with Crippen LogP contribution in [-0.4, -0.2) is 46.0 Å². The average Bonchev–Trinajstić information content (AvgIpc) is 2.64. The molecule has 0 saturated carbocycles. The van der Waals surface area contributed by atoms with Crippen LogP contribution in [0.25, 0.3) is 0 Å². The highest BCUT2D eigenvalue weighted by Crippen LogP contribution is 2.40. The van der Waals surface area contributed by atoms with Crippen molar-refractivity contribution in [3.05, 3.63) is 37.9 Å². The molecule has 0 bridgehead atoms. The molecule has 0 radical (unpaired) electrons. The summed E-state index contributed by atoms with van der Waals surface area (Å²) in [5, 5.41) is 34.6. The molecule has 1 aliphatic heterocycles. The summed E-state index contributed by atoms with van der Waals surface area (Å²) in [6.45, 7) is 4.07. The number of nitrogens with zero attached hydrogens (tertiary/aromatic N) is 3. The topological polar surface area (TPSA) is 156 Å². The number of amides is 1. The molecule has 0 aliphatic carbocycles. The molecule has 1 aromatic carbocycles. The van der Waals surface area contributed by atoms with Crippen LogP contribution in [0.1, 0.15) is 43.5 Å². The Labute approximate surface area is 160 Å². The van der Waals surface area contributed by atoms with Crippen LogP contribution in [-0.2, 0) is 4.79 Å². The van der Waals surface area contributed by atoms with Gasteiger partial charge in [0.1, 0.15) is 6.04 Å². The van der Waals surface area contributed by atoms with Crippen molar-refractivity contribution in [1.29, 1.82) is 0 Å². The number of carbonyl (C=O) groups is 2. The first-order chi connectivity index (χ1) is 13.1. The summed E-state index contributed by atoms with van der Waals surface area (Å²) in [6, 6.07) is 0.698. The van der Waals surface area contributed by atoms with Crippen LogP contribution in [0.3, 0.4) is 0 Å². The van der Waals surface area contributed by atoms with E-state index < -0.39 is 45.1 Å². The van der Waals surface area contributed by atoms with Crippen LogP contribution < -0.4 is 10.2 Å². The van der Waals surface area contributed by atoms with E-state index in [-0.39, 0.29) is 11.3 Å². The van der Waals surface area contributed by atoms with Crippen molar-refractivity contribution in [3.8, 4) is 0 Å². The molecule has 1 aromatic rings. The molecule has 11 heteroatoms. The third-order valence-electron chi connectivity index (χ3n) is 4.62. The highest BCUT2D eigenvalue weighted by molar-refractivity contribution is 5.99. The number of anilines is 1. The molecule has 2 rings (SSSR count). The normalized spacial score (nSPS) is 15.2. The second-order valence-electron chi connectivity index (χ2n) is 6.96. The molecule has 1 fully saturated rings. The van der Waals surface area contributed by atoms with Crippen LogP contribution in [0, 0.1) is 26.1 Å². The highest BCUT2D eigenvalue weighted by atomic mass is 16.6. The van der Waals surface area contributed by atoms with Crippen LogP contribution in [0.4, 0.5) is 17.1 Å². The van der Waals surface area contributed by atoms with E-state index >= 15 is 0 Å². The molecular weight excluding hydrogens is 372 g/mol. The summed E-state index contributed by atoms with van der Waals surface area (Å²) in [4.78, 5) is 47.0. The van der Waals surface area contributed by atoms with Crippen molar-refractivity contribution in [3.63, 3.8) is 0 Å². The van der Waals surface area contributed by atoms with E-state index in [0.29, 0.717) is 13.1 Å². The molecule has 0 spiro atoms. The number of benzene rings is 1. The predicted octanol–water partition coefficient (Wildman–Crippen LogP) is 2.33. The van der Waals surface area contributed by atoms with E-state index in [9.17, 15) is 34.9 Å². The minimum Gasteiger partial charge on any atom is -0.480 e. The maximum Gasteiger partial charge on any atom is 0.326 e. The smallest absolute Gasteiger partial charge is 0.326 e. The maximum atomic E-state index is 12.5. The Morgan fingerprint density at radius 1 is 1.07 bits per heavy atom. The van der Waals surface area contributed by atoms with Gasteiger partial charge in [0.2, 0.25) is 0 Å². The first kappa shape index (κ1) is 21.1. The summed E-state index contributed by atoms with van der Waals surface area (Å²) in [7, 11) is 0. The number of carbonyl (C=O) groups excluding carboxylic acids is 1. The summed E-state index contributed by atoms with van der Waals surface area (Å²) >= 11 is 0. The van der Waals surface area contributed by atoms with Crippen LogP contribution in [0.5, 0.6) is 0 Å². The fourth-order valence-electron chi connectivity index (χ4n) is 3.19. The monoisotopic (exact) mass is 394 g/mol. The van der Waals surface area contributed by atoms with Crippen LogP contribution >= 0.6 is 0 Å². The lowest BCUT2D eigenvalue weighted by atomic mass is 10.0. The van der Waals surface area contributed by atoms with Gasteiger partial charge in [-0.05, 0) is 25.2 Å². The number of carboxylic acids is 1. The highest BCUT2D eigenvalue weighted by Gasteiger charge is 2.34. The number of aliphatic carboxylic acids is 1. The van der Waals surface area contributed by atoms with E-state index in [2.05, 4.69) is 5.32 Å². The van der Waals surface area contributed by atoms with Gasteiger partial charge in [-0.3, -0.25) is 25.0 Å². The van der Waals surface area contributed by atoms with Gasteiger partial charge in [0.25, 0.3) is 17.3 Å². The minimum absolute atomic E-state index is 0.120. The van der Waals surface area contributed by atoms with Gasteiger partial charge in [0, 0.05) is 25.2 Å². The summed E-state index contributed by atoms with van der Waals surface area (Å²) in [5.74, 6) is -2.63. The van der Waals surface area contributed by atoms with E-state index in [1.807, 2.05) is 0 Å². The summed E-state index contributed by atoms with van der Waals surface area (Å²) < 4.78 is 0. The zero-order valence-electron chi connectivity index (χ0n) is 15.6. The second-order valence-corrected chi connectivity index (χ2v) is 6.96. The Morgan fingerprint density at radius 2 is 1.57 bits per heavy atom. The number of nitro benzene ring substituents is 2. The number of hydrogen-bond donors (Lipinski definition) is 2. The van der Waals surface area contributed by atoms with Gasteiger partial charge >= 0.3 is 5.97 Å². The molecule has 1 atom stereocenters. The first-order valence-electron chi connectivity index (χ1n) is 8.89. The molecule has 1 heterocycles. The molecule has 0 aromatic heterocycles. The van der Waals surface area contributed by atoms with Crippen LogP contribution in [0.2, 0.25) is 0 Å². The van der Waals surface area contributed by atoms with Crippen molar-refractivity contribution in [2.24, 2.45) is 5.92 Å². The maximum absolute atomic E-state index is 12.5. The average molecular weight is 394 g/mol. The van der Waals surface area contributed by atoms with Gasteiger partial charge in [-0.2, -0.15) is 0 Å². The third kappa shape index (κ3) is 4.53. The van der Waals surface area contributed by atoms with Crippen molar-refractivity contribution >= 4 is 28.9 Å². The number of nitrogens with one attached hydrogen (secondary N) is 1. The standard InChI is InChI=1S/C17H22N4O7/c1-10(2)14(17(23)24)18-16(22)11-8-12(20(25)26)15(13(9-11)21(27)28)19-6-4-3-5-7-19/h8-10,14H,3-7H2,1-2H3,(H,18,22)(H,23,24). The molecule has 1 saturated heterocycles. The molecule has 28 heavy (non-hydrogen) atoms. The van der Waals surface area contributed by atoms with Gasteiger partial charge in [0.05, 0.1) is 15.4 Å². The Hall–Kier alpha value is -3.24. The quantitative estimate of drug-likeness (QED) is 0.527. The zero-order chi connectivity index (χ0) is 21.0. The Balaban J connectivity index is 2.52. The van der Waals surface area contributed by atoms with Crippen molar-refractivity contribution < 1.29 is 24.5 Å². The molecule has 1 amide bonds. The van der Waals surface area contributed by atoms with Gasteiger partial charge in [0.15, 0.2) is 5.69 Å². The number of hydrogen-bond acceptors (Lipinski definition) is 7. The van der Waals surface area contributed by atoms with Crippen molar-refractivity contribution in [2.45, 2.75) is 39.2 Å². The molecule has 11 nitrogen and oxygen atoms in total. The predicted molar refractivity (Wildman–Crippen MR) is 99.5 cm³/mol. The first-order valence-corrected chi connectivity index (χ1v) is 8.89. The second kappa shape index (κ2) is 8.63. The minimum atomic E-state index is -1.27. The summed E-state index contributed by atoms with van der Waals surface area (Å²) in [6.07, 6.45) is 2.45. The van der Waals surface area contributed by atoms with Gasteiger partial charge < -0.3 is 15.3 Å². The fourth-order valence-corrected chi connectivity index (χ4v) is 3.19. The summed E-state index contributed by atoms with van der Waals surface area (Å²) in [5.41, 5.74) is -1.54. The van der Waals surface area contributed by atoms with E-state index in [1.54, 1.807) is 18.7 Å². The van der Waals surface area contributed by atoms with Gasteiger partial charge in [-0.1, -0.05) is 13.8 Å². The zero-order valence-corrected chi connectivity index (χ0v) is 15.6. The molecule has 2 N–H and O–H groups in total. The van der Waals surface area contributed by atoms with E-state index in [4.69, 9.17) is 0 Å². The Kier molecular flexibility index (Phi) is 6.49. The SMILES string of the molecule is CC(C)C(NC(=O)c1cc([N+](=O)[O-])c(N2CCCCC2)c([N+](=O)[O-])c1)C(=O)O. The number of carboxylic acid groups (broad SMARTS) is 1. The van der Waals surface area contributed by atoms with E-state index in [1.165, 1.54) is 0 Å². The Morgan fingerprint density at radius 3 is 1.96 bits per heavy atom. The largest absolute Gasteiger partial charge is 0.480 e. The number of rotatable bonds is 7.